The quantitative estimate of drug-likeness (QED) is 0.381. The van der Waals surface area contributed by atoms with Crippen LogP contribution in [0.15, 0.2) is 30.3 Å². The van der Waals surface area contributed by atoms with Crippen LogP contribution in [0.2, 0.25) is 0 Å². The summed E-state index contributed by atoms with van der Waals surface area (Å²) in [7, 11) is -10.7. The Kier molecular flexibility index (Phi) is 3.42. The van der Waals surface area contributed by atoms with Crippen molar-refractivity contribution in [2.45, 2.75) is 0 Å². The maximum atomic E-state index is 9.87. The topological polar surface area (TPSA) is 0 Å². The molecule has 0 amide bonds. The molecule has 0 N–H and O–H groups in total. The summed E-state index contributed by atoms with van der Waals surface area (Å²) in [6, 6.07) is 10.2. The molecule has 8 heteroatoms. The van der Waals surface area contributed by atoms with Gasteiger partial charge in [-0.3, -0.25) is 0 Å². The summed E-state index contributed by atoms with van der Waals surface area (Å²) >= 11 is 2.54. The minimum atomic E-state index is -10.7. The predicted octanol–water partition coefficient (Wildman–Crippen LogP) is 4.24. The average molecular weight is 323 g/mol. The zero-order valence-electron chi connectivity index (χ0n) is 6.46. The molecular weight excluding hydrogens is 318 g/mol. The van der Waals surface area contributed by atoms with Crippen LogP contribution in [0.25, 0.3) is 0 Å². The van der Waals surface area contributed by atoms with E-state index in [2.05, 4.69) is 30.4 Å². The van der Waals surface area contributed by atoms with Gasteiger partial charge in [0.1, 0.15) is 0 Å². The number of rotatable bonds is 0. The second-order valence-electron chi connectivity index (χ2n) is 2.24. The molecule has 0 saturated heterocycles. The number of hydrogen-bond donors (Lipinski definition) is 0. The predicted molar refractivity (Wildman–Crippen MR) is 39.6 cm³/mol. The van der Waals surface area contributed by atoms with Crippen molar-refractivity contribution in [1.82, 2.24) is 0 Å². The van der Waals surface area contributed by atoms with Crippen molar-refractivity contribution < 1.29 is 43.5 Å². The van der Waals surface area contributed by atoms with Crippen molar-refractivity contribution in [2.75, 3.05) is 0 Å². The zero-order chi connectivity index (χ0) is 11.5. The van der Waals surface area contributed by atoms with Crippen molar-refractivity contribution in [1.29, 1.82) is 0 Å². The molecule has 0 bridgehead atoms. The molecule has 0 aliphatic carbocycles. The summed E-state index contributed by atoms with van der Waals surface area (Å²) in [5.74, 6) is 0. The van der Waals surface area contributed by atoms with E-state index in [1.54, 1.807) is 0 Å². The molecule has 0 spiro atoms. The van der Waals surface area contributed by atoms with Gasteiger partial charge in [-0.25, -0.2) is 0 Å². The van der Waals surface area contributed by atoms with Gasteiger partial charge in [-0.05, 0) is 0 Å². The molecule has 0 radical (unpaired) electrons. The molecule has 1 rings (SSSR count). The van der Waals surface area contributed by atoms with Crippen molar-refractivity contribution in [3.05, 3.63) is 30.3 Å². The van der Waals surface area contributed by atoms with E-state index in [0.29, 0.717) is 0 Å². The molecule has 0 atom stereocenters. The van der Waals surface area contributed by atoms with E-state index >= 15 is 0 Å². The van der Waals surface area contributed by atoms with Gasteiger partial charge in [-0.2, -0.15) is 0 Å². The molecule has 0 aromatic heterocycles. The van der Waals surface area contributed by atoms with Crippen LogP contribution in [0.5, 0.6) is 0 Å². The molecule has 0 saturated carbocycles. The van der Waals surface area contributed by atoms with Crippen LogP contribution in [-0.2, 0) is 18.3 Å². The third-order valence-electron chi connectivity index (χ3n) is 0.725. The van der Waals surface area contributed by atoms with E-state index in [-0.39, 0.29) is 0 Å². The molecule has 0 aliphatic rings. The van der Waals surface area contributed by atoms with Crippen molar-refractivity contribution in [2.24, 2.45) is 0 Å². The summed E-state index contributed by atoms with van der Waals surface area (Å²) in [4.78, 5) is 0. The minimum absolute atomic E-state index is 1.25. The van der Waals surface area contributed by atoms with E-state index in [1.165, 1.54) is 4.16 Å². The number of benzene rings is 1. The summed E-state index contributed by atoms with van der Waals surface area (Å²) in [5, 5.41) is 0. The van der Waals surface area contributed by atoms with Gasteiger partial charge in [0.2, 0.25) is 0 Å². The fourth-order valence-corrected chi connectivity index (χ4v) is 0.744. The van der Waals surface area contributed by atoms with Crippen LogP contribution in [0.1, 0.15) is 0 Å². The Bertz CT molecular complexity index is 278. The van der Waals surface area contributed by atoms with Crippen LogP contribution in [0, 0.1) is 0 Å². The van der Waals surface area contributed by atoms with Gasteiger partial charge in [0.25, 0.3) is 0 Å². The first-order chi connectivity index (χ1) is 5.84. The van der Waals surface area contributed by atoms with E-state index in [4.69, 9.17) is 0 Å². The van der Waals surface area contributed by atoms with Crippen molar-refractivity contribution >= 4 is 12.0 Å². The fourth-order valence-electron chi connectivity index (χ4n) is 0.410. The molecule has 0 nitrogen and oxygen atoms in total. The average Bonchev–Trinajstić information content (AvgIpc) is 1.81. The van der Waals surface area contributed by atoms with Crippen molar-refractivity contribution in [3.8, 4) is 0 Å². The molecule has 84 valence electrons. The molecule has 1 aromatic rings. The molecule has 14 heavy (non-hydrogen) atoms. The SMILES string of the molecule is F[P-](F)(F)(F)(F)F.[Ru+][c]1ccccc1. The van der Waals surface area contributed by atoms with E-state index < -0.39 is 7.81 Å². The Morgan fingerprint density at radius 3 is 1.21 bits per heavy atom. The van der Waals surface area contributed by atoms with Crippen LogP contribution in [-0.4, -0.2) is 0 Å². The Hall–Kier alpha value is -0.147. The first kappa shape index (κ1) is 13.9. The summed E-state index contributed by atoms with van der Waals surface area (Å²) in [5.41, 5.74) is 0. The third-order valence-corrected chi connectivity index (χ3v) is 1.30. The van der Waals surface area contributed by atoms with E-state index in [9.17, 15) is 25.2 Å². The Morgan fingerprint density at radius 2 is 1.07 bits per heavy atom. The summed E-state index contributed by atoms with van der Waals surface area (Å²) < 4.78 is 60.4. The molecule has 0 heterocycles. The Morgan fingerprint density at radius 1 is 0.786 bits per heavy atom. The number of halogens is 6. The second kappa shape index (κ2) is 3.46. The number of hydrogen-bond acceptors (Lipinski definition) is 0. The van der Waals surface area contributed by atoms with E-state index in [0.717, 1.165) is 0 Å². The van der Waals surface area contributed by atoms with Gasteiger partial charge in [-0.15, -0.1) is 0 Å². The first-order valence-corrected chi connectivity index (χ1v) is 6.00. The van der Waals surface area contributed by atoms with Gasteiger partial charge in [0, 0.05) is 0 Å². The zero-order valence-corrected chi connectivity index (χ0v) is 9.09. The molecule has 1 aromatic carbocycles. The van der Waals surface area contributed by atoms with E-state index in [1.807, 2.05) is 18.2 Å². The second-order valence-corrected chi connectivity index (χ2v) is 5.16. The Balaban J connectivity index is 0.000000241. The monoisotopic (exact) mass is 324 g/mol. The fraction of sp³-hybridized carbons (Fsp3) is 0. The third kappa shape index (κ3) is 22.6. The van der Waals surface area contributed by atoms with Crippen LogP contribution in [0.3, 0.4) is 0 Å². The maximum absolute atomic E-state index is 10.7. The molecular formula is C6H5F6PRu. The molecule has 0 fully saturated rings. The van der Waals surface area contributed by atoms with Gasteiger partial charge < -0.3 is 0 Å². The van der Waals surface area contributed by atoms with Gasteiger partial charge in [0.05, 0.1) is 0 Å². The van der Waals surface area contributed by atoms with Crippen molar-refractivity contribution in [3.63, 3.8) is 0 Å². The Labute approximate surface area is 86.2 Å². The van der Waals surface area contributed by atoms with Gasteiger partial charge >= 0.3 is 85.8 Å². The van der Waals surface area contributed by atoms with Crippen LogP contribution in [0.4, 0.5) is 25.2 Å². The molecule has 0 aliphatic heterocycles. The summed E-state index contributed by atoms with van der Waals surface area (Å²) in [6.45, 7) is 0. The summed E-state index contributed by atoms with van der Waals surface area (Å²) in [6.07, 6.45) is 0. The first-order valence-electron chi connectivity index (χ1n) is 3.10. The van der Waals surface area contributed by atoms with Crippen LogP contribution >= 0.6 is 7.81 Å². The molecule has 0 unspecified atom stereocenters. The normalized spacial score (nSPS) is 15.9. The van der Waals surface area contributed by atoms with Crippen LogP contribution < -0.4 is 4.16 Å². The van der Waals surface area contributed by atoms with Gasteiger partial charge in [-0.1, -0.05) is 0 Å². The van der Waals surface area contributed by atoms with Gasteiger partial charge in [0.15, 0.2) is 0 Å². The standard InChI is InChI=1S/C6H5.F6P.Ru/c1-2-4-6-5-3-1;1-7(2,3,4,5)6;/h1-5H;;/q;-1;+1.